The predicted molar refractivity (Wildman–Crippen MR) is 156 cm³/mol. The summed E-state index contributed by atoms with van der Waals surface area (Å²) in [5.41, 5.74) is 5.10. The number of amides is 1. The van der Waals surface area contributed by atoms with Crippen LogP contribution in [-0.4, -0.2) is 47.0 Å². The highest BCUT2D eigenvalue weighted by Gasteiger charge is 2.23. The molecule has 0 saturated carbocycles. The van der Waals surface area contributed by atoms with Crippen molar-refractivity contribution in [3.05, 3.63) is 78.4 Å². The Kier molecular flexibility index (Phi) is 7.84. The number of benzene rings is 3. The highest BCUT2D eigenvalue weighted by molar-refractivity contribution is 5.94. The molecule has 0 spiro atoms. The molecule has 1 atom stereocenters. The molecule has 5 rings (SSSR count). The number of aromatic nitrogens is 2. The molecule has 0 aliphatic carbocycles. The van der Waals surface area contributed by atoms with Crippen molar-refractivity contribution in [1.29, 1.82) is 0 Å². The van der Waals surface area contributed by atoms with E-state index in [-0.39, 0.29) is 17.9 Å². The Labute approximate surface area is 224 Å². The Morgan fingerprint density at radius 3 is 2.53 bits per heavy atom. The number of piperidine rings is 1. The Balaban J connectivity index is 1.33. The number of nitrogens with zero attached hydrogens (tertiary/aromatic N) is 3. The van der Waals surface area contributed by atoms with Crippen LogP contribution < -0.4 is 16.0 Å². The number of likely N-dealkylation sites (tertiary alicyclic amines) is 1. The molecule has 3 N–H and O–H groups in total. The van der Waals surface area contributed by atoms with Gasteiger partial charge in [0.1, 0.15) is 5.82 Å². The van der Waals surface area contributed by atoms with Gasteiger partial charge < -0.3 is 20.9 Å². The molecule has 196 valence electrons. The smallest absolute Gasteiger partial charge is 0.228 e. The molecule has 2 heterocycles. The Hall–Kier alpha value is -3.97. The summed E-state index contributed by atoms with van der Waals surface area (Å²) in [5, 5.41) is 10.9. The van der Waals surface area contributed by atoms with Crippen LogP contribution in [0.25, 0.3) is 22.0 Å². The van der Waals surface area contributed by atoms with E-state index in [1.807, 2.05) is 42.5 Å². The van der Waals surface area contributed by atoms with Crippen molar-refractivity contribution in [1.82, 2.24) is 14.9 Å². The number of carbonyl (C=O) groups is 1. The minimum absolute atomic E-state index is 0.0514. The lowest BCUT2D eigenvalue weighted by Gasteiger charge is -2.28. The fourth-order valence-electron chi connectivity index (χ4n) is 4.91. The molecular weight excluding hydrogens is 472 g/mol. The number of hydrogen-bond donors (Lipinski definition) is 3. The van der Waals surface area contributed by atoms with E-state index in [0.29, 0.717) is 12.5 Å². The van der Waals surface area contributed by atoms with Crippen molar-refractivity contribution in [2.75, 3.05) is 36.1 Å². The highest BCUT2D eigenvalue weighted by Crippen LogP contribution is 2.29. The van der Waals surface area contributed by atoms with E-state index >= 15 is 0 Å². The van der Waals surface area contributed by atoms with Crippen LogP contribution in [0.15, 0.2) is 72.8 Å². The third-order valence-corrected chi connectivity index (χ3v) is 6.90. The van der Waals surface area contributed by atoms with E-state index in [0.717, 1.165) is 65.0 Å². The molecular formula is C31H36N6O. The molecule has 0 bridgehead atoms. The lowest BCUT2D eigenvalue weighted by Crippen LogP contribution is -2.38. The summed E-state index contributed by atoms with van der Waals surface area (Å²) in [7, 11) is 2.08. The van der Waals surface area contributed by atoms with E-state index < -0.39 is 0 Å². The summed E-state index contributed by atoms with van der Waals surface area (Å²) < 4.78 is 0. The van der Waals surface area contributed by atoms with Crippen molar-refractivity contribution in [2.24, 2.45) is 5.92 Å². The van der Waals surface area contributed by atoms with Crippen molar-refractivity contribution >= 4 is 34.3 Å². The Morgan fingerprint density at radius 2 is 1.79 bits per heavy atom. The summed E-state index contributed by atoms with van der Waals surface area (Å²) in [5.74, 6) is 1.55. The maximum Gasteiger partial charge on any atom is 0.228 e. The molecule has 1 unspecified atom stereocenters. The van der Waals surface area contributed by atoms with Gasteiger partial charge >= 0.3 is 0 Å². The first-order valence-corrected chi connectivity index (χ1v) is 13.4. The second-order valence-electron chi connectivity index (χ2n) is 10.4. The van der Waals surface area contributed by atoms with Crippen LogP contribution in [0.3, 0.4) is 0 Å². The van der Waals surface area contributed by atoms with Crippen molar-refractivity contribution in [2.45, 2.75) is 39.3 Å². The maximum absolute atomic E-state index is 12.7. The molecule has 7 nitrogen and oxygen atoms in total. The average molecular weight is 509 g/mol. The van der Waals surface area contributed by atoms with Crippen LogP contribution in [-0.2, 0) is 11.3 Å². The largest absolute Gasteiger partial charge is 0.365 e. The first-order chi connectivity index (χ1) is 18.4. The maximum atomic E-state index is 12.7. The number of fused-ring (bicyclic) bond motifs is 1. The van der Waals surface area contributed by atoms with Gasteiger partial charge in [-0.3, -0.25) is 4.79 Å². The van der Waals surface area contributed by atoms with Crippen molar-refractivity contribution in [3.8, 4) is 11.1 Å². The molecule has 3 aromatic carbocycles. The number of rotatable bonds is 8. The average Bonchev–Trinajstić information content (AvgIpc) is 2.92. The van der Waals surface area contributed by atoms with E-state index in [1.165, 1.54) is 0 Å². The summed E-state index contributed by atoms with van der Waals surface area (Å²) in [6.07, 6.45) is 2.02. The van der Waals surface area contributed by atoms with Crippen LogP contribution in [0.1, 0.15) is 32.3 Å². The fourth-order valence-corrected chi connectivity index (χ4v) is 4.91. The van der Waals surface area contributed by atoms with Crippen LogP contribution >= 0.6 is 0 Å². The molecule has 1 aliphatic heterocycles. The minimum atomic E-state index is 0.0514. The van der Waals surface area contributed by atoms with Gasteiger partial charge in [0.15, 0.2) is 0 Å². The monoisotopic (exact) mass is 508 g/mol. The molecule has 1 aromatic heterocycles. The molecule has 1 fully saturated rings. The molecule has 7 heteroatoms. The zero-order chi connectivity index (χ0) is 26.5. The van der Waals surface area contributed by atoms with E-state index in [4.69, 9.17) is 9.97 Å². The standard InChI is InChI=1S/C31H36N6O/c1-21(2)33-31-35-28-16-13-24(23-8-5-4-6-9-23)18-27(28)29(36-31)32-19-22-11-14-26(15-12-22)34-30(38)25-10-7-17-37(3)20-25/h4-6,8-9,11-16,18,21,25H,7,10,17,19-20H2,1-3H3,(H,34,38)(H2,32,33,35,36). The number of hydrogen-bond acceptors (Lipinski definition) is 6. The third-order valence-electron chi connectivity index (χ3n) is 6.90. The van der Waals surface area contributed by atoms with Gasteiger partial charge in [-0.05, 0) is 81.2 Å². The fraction of sp³-hybridized carbons (Fsp3) is 0.323. The quantitative estimate of drug-likeness (QED) is 0.270. The molecule has 4 aromatic rings. The normalized spacial score (nSPS) is 15.9. The van der Waals surface area contributed by atoms with Crippen LogP contribution in [0, 0.1) is 5.92 Å². The zero-order valence-electron chi connectivity index (χ0n) is 22.4. The minimum Gasteiger partial charge on any atom is -0.365 e. The molecule has 1 aliphatic rings. The summed E-state index contributed by atoms with van der Waals surface area (Å²) >= 11 is 0. The van der Waals surface area contributed by atoms with Crippen molar-refractivity contribution in [3.63, 3.8) is 0 Å². The van der Waals surface area contributed by atoms with Gasteiger partial charge in [0.25, 0.3) is 0 Å². The molecule has 1 saturated heterocycles. The molecule has 0 radical (unpaired) electrons. The Bertz CT molecular complexity index is 1390. The van der Waals surface area contributed by atoms with Gasteiger partial charge in [0.05, 0.1) is 11.4 Å². The predicted octanol–water partition coefficient (Wildman–Crippen LogP) is 6.01. The van der Waals surface area contributed by atoms with Gasteiger partial charge in [-0.1, -0.05) is 48.5 Å². The zero-order valence-corrected chi connectivity index (χ0v) is 22.4. The van der Waals surface area contributed by atoms with E-state index in [2.05, 4.69) is 72.1 Å². The van der Waals surface area contributed by atoms with Gasteiger partial charge in [0, 0.05) is 30.2 Å². The topological polar surface area (TPSA) is 82.2 Å². The van der Waals surface area contributed by atoms with Gasteiger partial charge in [-0.25, -0.2) is 4.98 Å². The number of nitrogens with one attached hydrogen (secondary N) is 3. The first kappa shape index (κ1) is 25.7. The summed E-state index contributed by atoms with van der Waals surface area (Å²) in [6, 6.07) is 24.9. The van der Waals surface area contributed by atoms with Crippen LogP contribution in [0.2, 0.25) is 0 Å². The van der Waals surface area contributed by atoms with Crippen LogP contribution in [0.4, 0.5) is 17.5 Å². The Morgan fingerprint density at radius 1 is 1.00 bits per heavy atom. The molecule has 1 amide bonds. The number of anilines is 3. The summed E-state index contributed by atoms with van der Waals surface area (Å²) in [6.45, 7) is 6.64. The number of carbonyl (C=O) groups excluding carboxylic acids is 1. The second-order valence-corrected chi connectivity index (χ2v) is 10.4. The highest BCUT2D eigenvalue weighted by atomic mass is 16.1. The molecule has 38 heavy (non-hydrogen) atoms. The van der Waals surface area contributed by atoms with Gasteiger partial charge in [0.2, 0.25) is 11.9 Å². The summed E-state index contributed by atoms with van der Waals surface area (Å²) in [4.78, 5) is 24.5. The lowest BCUT2D eigenvalue weighted by atomic mass is 9.97. The first-order valence-electron chi connectivity index (χ1n) is 13.4. The van der Waals surface area contributed by atoms with Crippen molar-refractivity contribution < 1.29 is 4.79 Å². The second kappa shape index (κ2) is 11.6. The van der Waals surface area contributed by atoms with Gasteiger partial charge in [-0.15, -0.1) is 0 Å². The van der Waals surface area contributed by atoms with Crippen LogP contribution in [0.5, 0.6) is 0 Å². The lowest BCUT2D eigenvalue weighted by molar-refractivity contribution is -0.121. The van der Waals surface area contributed by atoms with Gasteiger partial charge in [-0.2, -0.15) is 4.98 Å². The SMILES string of the molecule is CC(C)Nc1nc(NCc2ccc(NC(=O)C3CCCN(C)C3)cc2)c2cc(-c3ccccc3)ccc2n1. The van der Waals surface area contributed by atoms with E-state index in [1.54, 1.807) is 0 Å². The van der Waals surface area contributed by atoms with E-state index in [9.17, 15) is 4.79 Å². The third kappa shape index (κ3) is 6.29.